The standard InChI is InChI=1S/C23H26F2N4O2.C4H10.C2H2/c1-2-29(23(31)16-8-5-11-28-22(16)30)13-15-7-3-6-14(21(15)27)12-19(26)20-17(24)9-4-10-18(20)25;1-4(2)3;1-2/h4-5,8-12,15H,2-3,6-7,13,26-27H2,1H3,(H,28,30);4H,1-3H3;1-2H/b19-12-;;. The number of terminal acetylenes is 1. The van der Waals surface area contributed by atoms with Crippen LogP contribution in [0.4, 0.5) is 8.78 Å². The summed E-state index contributed by atoms with van der Waals surface area (Å²) in [5, 5.41) is 0. The highest BCUT2D eigenvalue weighted by molar-refractivity contribution is 5.93. The van der Waals surface area contributed by atoms with E-state index >= 15 is 0 Å². The van der Waals surface area contributed by atoms with Crippen LogP contribution in [-0.4, -0.2) is 28.9 Å². The van der Waals surface area contributed by atoms with Gasteiger partial charge in [-0.1, -0.05) is 26.8 Å². The number of benzene rings is 1. The molecule has 1 heterocycles. The average Bonchev–Trinajstić information content (AvgIpc) is 2.85. The molecule has 1 aliphatic carbocycles. The lowest BCUT2D eigenvalue weighted by molar-refractivity contribution is 0.0739. The number of amides is 1. The number of halogens is 2. The van der Waals surface area contributed by atoms with E-state index in [1.807, 2.05) is 6.92 Å². The van der Waals surface area contributed by atoms with Crippen molar-refractivity contribution in [1.29, 1.82) is 0 Å². The van der Waals surface area contributed by atoms with Crippen LogP contribution in [0, 0.1) is 36.3 Å². The molecule has 1 aromatic carbocycles. The van der Waals surface area contributed by atoms with Gasteiger partial charge in [0.1, 0.15) is 17.2 Å². The first-order valence-corrected chi connectivity index (χ1v) is 12.3. The van der Waals surface area contributed by atoms with Gasteiger partial charge >= 0.3 is 0 Å². The molecule has 1 aliphatic rings. The van der Waals surface area contributed by atoms with Gasteiger partial charge in [-0.15, -0.1) is 12.8 Å². The van der Waals surface area contributed by atoms with Crippen LogP contribution in [0.2, 0.25) is 0 Å². The van der Waals surface area contributed by atoms with Gasteiger partial charge in [0.05, 0.1) is 5.56 Å². The van der Waals surface area contributed by atoms with Crippen LogP contribution in [0.5, 0.6) is 0 Å². The molecular weight excluding hydrogens is 474 g/mol. The number of carbonyl (C=O) groups excluding carboxylic acids is 1. The number of rotatable bonds is 6. The molecule has 1 aromatic heterocycles. The van der Waals surface area contributed by atoms with Crippen molar-refractivity contribution in [2.45, 2.75) is 47.0 Å². The molecule has 0 bridgehead atoms. The van der Waals surface area contributed by atoms with Crippen molar-refractivity contribution in [3.63, 3.8) is 0 Å². The molecule has 6 nitrogen and oxygen atoms in total. The number of carbonyl (C=O) groups is 1. The summed E-state index contributed by atoms with van der Waals surface area (Å²) in [7, 11) is 0. The van der Waals surface area contributed by atoms with E-state index in [1.165, 1.54) is 24.4 Å². The summed E-state index contributed by atoms with van der Waals surface area (Å²) in [6, 6.07) is 6.67. The Kier molecular flexibility index (Phi) is 12.9. The second-order valence-electron chi connectivity index (χ2n) is 9.25. The number of hydrogen-bond acceptors (Lipinski definition) is 4. The average molecular weight is 513 g/mol. The number of nitrogens with one attached hydrogen (secondary N) is 1. The number of hydrogen-bond donors (Lipinski definition) is 3. The maximum absolute atomic E-state index is 14.0. The zero-order valence-electron chi connectivity index (χ0n) is 22.1. The number of nitrogens with two attached hydrogens (primary N) is 2. The highest BCUT2D eigenvalue weighted by Gasteiger charge is 2.26. The van der Waals surface area contributed by atoms with Gasteiger partial charge in [0.2, 0.25) is 0 Å². The second-order valence-corrected chi connectivity index (χ2v) is 9.25. The first-order chi connectivity index (χ1) is 17.6. The maximum atomic E-state index is 14.0. The lowest BCUT2D eigenvalue weighted by Crippen LogP contribution is -2.39. The Hall–Kier alpha value is -3.86. The fourth-order valence-corrected chi connectivity index (χ4v) is 3.86. The molecule has 1 unspecified atom stereocenters. The SMILES string of the molecule is C#C.CC(C)C.CCN(CC1CCCC(/C=C(\N)c2c(F)cccc2F)=C1N)C(=O)c1ccc[nH]c1=O. The van der Waals surface area contributed by atoms with Crippen LogP contribution in [0.25, 0.3) is 5.70 Å². The Morgan fingerprint density at radius 3 is 2.32 bits per heavy atom. The lowest BCUT2D eigenvalue weighted by Gasteiger charge is -2.30. The molecule has 200 valence electrons. The van der Waals surface area contributed by atoms with Crippen molar-refractivity contribution in [3.8, 4) is 12.8 Å². The molecule has 0 saturated carbocycles. The van der Waals surface area contributed by atoms with Crippen molar-refractivity contribution in [2.75, 3.05) is 13.1 Å². The van der Waals surface area contributed by atoms with Gasteiger partial charge in [-0.3, -0.25) is 9.59 Å². The zero-order chi connectivity index (χ0) is 28.1. The van der Waals surface area contributed by atoms with Crippen LogP contribution in [0.3, 0.4) is 0 Å². The van der Waals surface area contributed by atoms with Gasteiger partial charge in [-0.2, -0.15) is 0 Å². The van der Waals surface area contributed by atoms with Crippen molar-refractivity contribution in [2.24, 2.45) is 23.3 Å². The van der Waals surface area contributed by atoms with Crippen molar-refractivity contribution >= 4 is 11.6 Å². The Morgan fingerprint density at radius 2 is 1.78 bits per heavy atom. The van der Waals surface area contributed by atoms with Crippen LogP contribution in [0.15, 0.2) is 58.7 Å². The Morgan fingerprint density at radius 1 is 1.19 bits per heavy atom. The minimum absolute atomic E-state index is 0.0338. The lowest BCUT2D eigenvalue weighted by atomic mass is 9.86. The number of nitrogens with zero attached hydrogens (tertiary/aromatic N) is 1. The molecule has 5 N–H and O–H groups in total. The van der Waals surface area contributed by atoms with Gasteiger partial charge in [0.25, 0.3) is 11.5 Å². The molecule has 1 amide bonds. The fourth-order valence-electron chi connectivity index (χ4n) is 3.86. The molecule has 0 radical (unpaired) electrons. The summed E-state index contributed by atoms with van der Waals surface area (Å²) >= 11 is 0. The van der Waals surface area contributed by atoms with E-state index in [1.54, 1.807) is 11.0 Å². The number of H-pyrrole nitrogens is 1. The van der Waals surface area contributed by atoms with Gasteiger partial charge in [-0.25, -0.2) is 8.78 Å². The fraction of sp³-hybridized carbons (Fsp3) is 0.379. The Bertz CT molecular complexity index is 1160. The summed E-state index contributed by atoms with van der Waals surface area (Å²) in [6.45, 7) is 9.07. The molecule has 0 spiro atoms. The highest BCUT2D eigenvalue weighted by Crippen LogP contribution is 2.31. The molecule has 3 rings (SSSR count). The summed E-state index contributed by atoms with van der Waals surface area (Å²) in [5.74, 6) is -1.16. The van der Waals surface area contributed by atoms with E-state index in [4.69, 9.17) is 11.5 Å². The van der Waals surface area contributed by atoms with Gasteiger partial charge < -0.3 is 21.4 Å². The number of aromatic amines is 1. The first kappa shape index (κ1) is 31.2. The maximum Gasteiger partial charge on any atom is 0.260 e. The number of aromatic nitrogens is 1. The summed E-state index contributed by atoms with van der Waals surface area (Å²) in [5.41, 5.74) is 12.9. The molecule has 2 aromatic rings. The quantitative estimate of drug-likeness (QED) is 0.472. The van der Waals surface area contributed by atoms with Gasteiger partial charge in [0.15, 0.2) is 0 Å². The molecule has 1 atom stereocenters. The van der Waals surface area contributed by atoms with E-state index in [-0.39, 0.29) is 28.6 Å². The van der Waals surface area contributed by atoms with Crippen molar-refractivity contribution in [3.05, 3.63) is 87.0 Å². The molecule has 0 saturated heterocycles. The molecular formula is C29H38F2N4O2. The van der Waals surface area contributed by atoms with Crippen LogP contribution >= 0.6 is 0 Å². The van der Waals surface area contributed by atoms with E-state index < -0.39 is 17.2 Å². The zero-order valence-corrected chi connectivity index (χ0v) is 22.1. The van der Waals surface area contributed by atoms with Crippen LogP contribution in [0.1, 0.15) is 62.9 Å². The number of allylic oxidation sites excluding steroid dienone is 2. The molecule has 0 aliphatic heterocycles. The predicted octanol–water partition coefficient (Wildman–Crippen LogP) is 5.04. The molecule has 8 heteroatoms. The third-order valence-electron chi connectivity index (χ3n) is 5.55. The molecule has 0 fully saturated rings. The van der Waals surface area contributed by atoms with Crippen LogP contribution in [-0.2, 0) is 0 Å². The summed E-state index contributed by atoms with van der Waals surface area (Å²) < 4.78 is 28.1. The smallest absolute Gasteiger partial charge is 0.260 e. The number of pyridine rings is 1. The predicted molar refractivity (Wildman–Crippen MR) is 146 cm³/mol. The topological polar surface area (TPSA) is 105 Å². The summed E-state index contributed by atoms with van der Waals surface area (Å²) in [4.78, 5) is 28.9. The normalized spacial score (nSPS) is 15.3. The van der Waals surface area contributed by atoms with Crippen molar-refractivity contribution in [1.82, 2.24) is 9.88 Å². The minimum Gasteiger partial charge on any atom is -0.402 e. The Labute approximate surface area is 218 Å². The van der Waals surface area contributed by atoms with E-state index in [0.717, 1.165) is 30.9 Å². The highest BCUT2D eigenvalue weighted by atomic mass is 19.1. The van der Waals surface area contributed by atoms with Gasteiger partial charge in [-0.05, 0) is 68.0 Å². The van der Waals surface area contributed by atoms with E-state index in [0.29, 0.717) is 30.8 Å². The molecule has 37 heavy (non-hydrogen) atoms. The van der Waals surface area contributed by atoms with Gasteiger partial charge in [0, 0.05) is 36.6 Å². The largest absolute Gasteiger partial charge is 0.402 e. The third kappa shape index (κ3) is 8.94. The van der Waals surface area contributed by atoms with Crippen LogP contribution < -0.4 is 17.0 Å². The van der Waals surface area contributed by atoms with E-state index in [9.17, 15) is 18.4 Å². The second kappa shape index (κ2) is 15.3. The summed E-state index contributed by atoms with van der Waals surface area (Å²) in [6.07, 6.45) is 13.2. The minimum atomic E-state index is -0.740. The Balaban J connectivity index is 0.00000104. The van der Waals surface area contributed by atoms with Crippen molar-refractivity contribution < 1.29 is 13.6 Å². The third-order valence-corrected chi connectivity index (χ3v) is 5.55. The van der Waals surface area contributed by atoms with E-state index in [2.05, 4.69) is 38.6 Å². The first-order valence-electron chi connectivity index (χ1n) is 12.3. The monoisotopic (exact) mass is 512 g/mol.